The molecule has 3 N–H and O–H groups in total. The Labute approximate surface area is 611 Å². The summed E-state index contributed by atoms with van der Waals surface area (Å²) in [7, 11) is 0. The molecule has 3 amide bonds. The Morgan fingerprint density at radius 2 is 0.819 bits per heavy atom. The van der Waals surface area contributed by atoms with Gasteiger partial charge in [0.25, 0.3) is 0 Å². The minimum Gasteiger partial charge on any atom is -0.490 e. The molecule has 0 saturated carbocycles. The Kier molecular flexibility index (Phi) is 21.0. The van der Waals surface area contributed by atoms with E-state index in [0.717, 1.165) is 88.9 Å². The second-order valence-corrected chi connectivity index (χ2v) is 28.8. The number of aromatic nitrogens is 6. The number of β-amino-alcohol motifs (C(OH)–C–C–N with tert-alkyl or cyclic N) is 3. The average Bonchev–Trinajstić information content (AvgIpc) is 1.60. The fourth-order valence-electron chi connectivity index (χ4n) is 16.3. The summed E-state index contributed by atoms with van der Waals surface area (Å²) in [5.74, 6) is 3.20. The smallest absolute Gasteiger partial charge is 0.223 e. The Balaban J connectivity index is 0.000000140. The standard InChI is InChI=1S/3C28H28N4O3/c1-18(2)35-25-7-6-19(14-20(25)16-29)24-9-11-30-27(31-24)22-4-3-5-23-21(22)8-10-28(23)15-26(34)32(17-28)12-13-33;1-18(2)35-25-7-6-19(12-20(25)14-29)27-30-15-21(16-31-27)22-4-3-5-24-23(22)8-9-28(24)13-26(34)32(17-28)10-11-33;1-18(2)35-26-7-6-19(12-20(26)14-29)24-15-31-25(16-30-24)22-4-3-5-23-21(22)8-9-28(23)13-27(34)32(17-28)10-11-33/h3-7,9,11,14,18,33H,8,10,12-13,15,17H2,1-2H3;2*3-7,12,15-16,18,33H,8-11,13,17H2,1-2H3. The summed E-state index contributed by atoms with van der Waals surface area (Å²) in [6, 6.07) is 43.5. The van der Waals surface area contributed by atoms with Crippen molar-refractivity contribution in [1.29, 1.82) is 15.8 Å². The van der Waals surface area contributed by atoms with Crippen molar-refractivity contribution in [3.8, 4) is 103 Å². The Bertz CT molecular complexity index is 4720. The second-order valence-electron chi connectivity index (χ2n) is 28.8. The number of likely N-dealkylation sites (tertiary alicyclic amines) is 3. The molecule has 21 nitrogen and oxygen atoms in total. The number of benzene rings is 6. The van der Waals surface area contributed by atoms with Gasteiger partial charge in [0.05, 0.1) is 84.3 Å². The SMILES string of the molecule is CC(C)Oc1ccc(-c2ccnc(-c3cccc4c3CCC43CC(=O)N(CCO)C3)n2)cc1C#N.CC(C)Oc1ccc(-c2cnc(-c3cccc4c3CCC43CC(=O)N(CCO)C3)cn2)cc1C#N.CC(C)Oc1ccc(-c2ncc(-c3cccc4c3CCC43CC(=O)N(CCO)C3)cn2)cc1C#N. The number of aliphatic hydroxyl groups excluding tert-OH is 3. The highest BCUT2D eigenvalue weighted by molar-refractivity contribution is 5.85. The number of nitriles is 3. The van der Waals surface area contributed by atoms with E-state index < -0.39 is 0 Å². The fraction of sp³-hybridized carbons (Fsp3) is 0.357. The Hall–Kier alpha value is -11.3. The number of carbonyl (C=O) groups excluding carboxylic acids is 3. The number of fused-ring (bicyclic) bond motifs is 6. The molecule has 21 heteroatoms. The number of amides is 3. The maximum atomic E-state index is 12.6. The van der Waals surface area contributed by atoms with Gasteiger partial charge < -0.3 is 44.2 Å². The molecule has 6 aliphatic rings. The lowest BCUT2D eigenvalue weighted by molar-refractivity contribution is -0.128. The minimum atomic E-state index is -0.205. The van der Waals surface area contributed by atoms with Crippen LogP contribution in [0.4, 0.5) is 0 Å². The normalized spacial score (nSPS) is 18.8. The third-order valence-electron chi connectivity index (χ3n) is 20.9. The molecule has 0 radical (unpaired) electrons. The predicted octanol–water partition coefficient (Wildman–Crippen LogP) is 11.6. The van der Waals surface area contributed by atoms with Crippen molar-refractivity contribution in [3.05, 3.63) is 196 Å². The topological polar surface area (TPSA) is 298 Å². The second kappa shape index (κ2) is 30.6. The van der Waals surface area contributed by atoms with E-state index in [2.05, 4.69) is 68.5 Å². The highest BCUT2D eigenvalue weighted by Gasteiger charge is 2.51. The van der Waals surface area contributed by atoms with Gasteiger partial charge in [0.1, 0.15) is 35.5 Å². The molecule has 6 heterocycles. The molecule has 3 aliphatic carbocycles. The van der Waals surface area contributed by atoms with Crippen LogP contribution in [0, 0.1) is 34.0 Å². The number of aliphatic hydroxyl groups is 3. The van der Waals surface area contributed by atoms with Gasteiger partial charge >= 0.3 is 0 Å². The maximum absolute atomic E-state index is 12.6. The van der Waals surface area contributed by atoms with E-state index in [1.807, 2.05) is 109 Å². The Morgan fingerprint density at radius 3 is 1.25 bits per heavy atom. The summed E-state index contributed by atoms with van der Waals surface area (Å²) in [4.78, 5) is 71.0. The van der Waals surface area contributed by atoms with Gasteiger partial charge in [0, 0.05) is 127 Å². The van der Waals surface area contributed by atoms with Crippen molar-refractivity contribution in [2.45, 2.75) is 134 Å². The van der Waals surface area contributed by atoms with Crippen LogP contribution in [0.2, 0.25) is 0 Å². The van der Waals surface area contributed by atoms with E-state index in [1.54, 1.807) is 63.6 Å². The van der Waals surface area contributed by atoms with E-state index in [9.17, 15) is 45.5 Å². The minimum absolute atomic E-state index is 0.0122. The van der Waals surface area contributed by atoms with Crippen LogP contribution in [0.15, 0.2) is 146 Å². The van der Waals surface area contributed by atoms with Crippen molar-refractivity contribution in [1.82, 2.24) is 44.6 Å². The summed E-state index contributed by atoms with van der Waals surface area (Å²) >= 11 is 0. The zero-order chi connectivity index (χ0) is 73.7. The van der Waals surface area contributed by atoms with Gasteiger partial charge in [0.15, 0.2) is 11.6 Å². The molecule has 3 fully saturated rings. The van der Waals surface area contributed by atoms with Crippen LogP contribution in [0.25, 0.3) is 67.7 Å². The van der Waals surface area contributed by atoms with E-state index in [0.29, 0.717) is 110 Å². The molecule has 105 heavy (non-hydrogen) atoms. The van der Waals surface area contributed by atoms with Crippen molar-refractivity contribution in [2.24, 2.45) is 0 Å². The zero-order valence-corrected chi connectivity index (χ0v) is 60.0. The first-order chi connectivity index (χ1) is 50.8. The highest BCUT2D eigenvalue weighted by Crippen LogP contribution is 2.52. The van der Waals surface area contributed by atoms with Gasteiger partial charge in [-0.2, -0.15) is 15.8 Å². The summed E-state index contributed by atoms with van der Waals surface area (Å²) in [6.07, 6.45) is 15.7. The molecule has 0 bridgehead atoms. The van der Waals surface area contributed by atoms with Crippen LogP contribution in [0.1, 0.15) is 130 Å². The summed E-state index contributed by atoms with van der Waals surface area (Å²) < 4.78 is 17.2. The quantitative estimate of drug-likeness (QED) is 0.0719. The van der Waals surface area contributed by atoms with Crippen molar-refractivity contribution in [2.75, 3.05) is 59.1 Å². The number of rotatable bonds is 18. The molecule has 3 unspecified atom stereocenters. The summed E-state index contributed by atoms with van der Waals surface area (Å²) in [5, 5.41) is 56.6. The highest BCUT2D eigenvalue weighted by atomic mass is 16.5. The molecule has 3 atom stereocenters. The number of hydrogen-bond donors (Lipinski definition) is 3. The van der Waals surface area contributed by atoms with E-state index in [1.165, 1.54) is 33.4 Å². The van der Waals surface area contributed by atoms with Crippen LogP contribution in [0.5, 0.6) is 17.2 Å². The van der Waals surface area contributed by atoms with Crippen molar-refractivity contribution >= 4 is 17.7 Å². The van der Waals surface area contributed by atoms with Gasteiger partial charge in [-0.05, 0) is 180 Å². The van der Waals surface area contributed by atoms with Gasteiger partial charge in [-0.15, -0.1) is 0 Å². The Morgan fingerprint density at radius 1 is 0.429 bits per heavy atom. The van der Waals surface area contributed by atoms with Gasteiger partial charge in [-0.3, -0.25) is 24.4 Å². The number of carbonyl (C=O) groups is 3. The third kappa shape index (κ3) is 14.6. The molecular weight excluding hydrogens is 1320 g/mol. The molecule has 6 aromatic carbocycles. The number of ether oxygens (including phenoxy) is 3. The molecule has 9 aromatic rings. The van der Waals surface area contributed by atoms with Crippen molar-refractivity contribution < 1.29 is 43.9 Å². The third-order valence-corrected chi connectivity index (χ3v) is 20.9. The summed E-state index contributed by atoms with van der Waals surface area (Å²) in [6.45, 7) is 14.6. The van der Waals surface area contributed by atoms with Crippen LogP contribution >= 0.6 is 0 Å². The van der Waals surface area contributed by atoms with Crippen LogP contribution in [-0.4, -0.2) is 155 Å². The van der Waals surface area contributed by atoms with E-state index in [4.69, 9.17) is 24.2 Å². The molecule has 3 spiro atoms. The largest absolute Gasteiger partial charge is 0.490 e. The first kappa shape index (κ1) is 72.1. The number of hydrogen-bond acceptors (Lipinski definition) is 18. The zero-order valence-electron chi connectivity index (χ0n) is 60.0. The molecule has 3 aliphatic heterocycles. The van der Waals surface area contributed by atoms with Gasteiger partial charge in [-0.25, -0.2) is 19.9 Å². The maximum Gasteiger partial charge on any atom is 0.223 e. The van der Waals surface area contributed by atoms with Crippen molar-refractivity contribution in [3.63, 3.8) is 0 Å². The molecule has 3 saturated heterocycles. The first-order valence-corrected chi connectivity index (χ1v) is 36.0. The van der Waals surface area contributed by atoms with Crippen LogP contribution in [-0.2, 0) is 49.9 Å². The number of nitrogens with zero attached hydrogens (tertiary/aromatic N) is 12. The molecule has 15 rings (SSSR count). The molecular formula is C84H84N12O9. The van der Waals surface area contributed by atoms with Gasteiger partial charge in [-0.1, -0.05) is 54.6 Å². The lowest BCUT2D eigenvalue weighted by atomic mass is 9.80. The predicted molar refractivity (Wildman–Crippen MR) is 395 cm³/mol. The molecule has 3 aromatic heterocycles. The molecule has 534 valence electrons. The summed E-state index contributed by atoms with van der Waals surface area (Å²) in [5.41, 5.74) is 16.8. The fourth-order valence-corrected chi connectivity index (χ4v) is 16.3. The lowest BCUT2D eigenvalue weighted by Crippen LogP contribution is -2.32. The van der Waals surface area contributed by atoms with Crippen LogP contribution in [0.3, 0.4) is 0 Å². The van der Waals surface area contributed by atoms with E-state index >= 15 is 0 Å². The lowest BCUT2D eigenvalue weighted by Gasteiger charge is -2.25. The first-order valence-electron chi connectivity index (χ1n) is 36.0. The van der Waals surface area contributed by atoms with Crippen LogP contribution < -0.4 is 14.2 Å². The van der Waals surface area contributed by atoms with Gasteiger partial charge in [0.2, 0.25) is 17.7 Å². The van der Waals surface area contributed by atoms with E-state index in [-0.39, 0.29) is 72.1 Å². The monoisotopic (exact) mass is 1400 g/mol. The average molecular weight is 1410 g/mol.